The van der Waals surface area contributed by atoms with Gasteiger partial charge in [-0.25, -0.2) is 8.42 Å². The fraction of sp³-hybridized carbons (Fsp3) is 0.435. The molecule has 1 unspecified atom stereocenters. The lowest BCUT2D eigenvalue weighted by Crippen LogP contribution is -2.51. The molecule has 2 aliphatic rings. The molecule has 2 saturated heterocycles. The average molecular weight is 490 g/mol. The van der Waals surface area contributed by atoms with Crippen LogP contribution in [0.5, 0.6) is 0 Å². The highest BCUT2D eigenvalue weighted by molar-refractivity contribution is 7.91. The Labute approximate surface area is 197 Å². The first-order chi connectivity index (χ1) is 15.8. The number of anilines is 1. The number of imide groups is 1. The van der Waals surface area contributed by atoms with Gasteiger partial charge in [-0.2, -0.15) is 4.31 Å². The molecule has 10 heteroatoms. The smallest absolute Gasteiger partial charge is 0.252 e. The summed E-state index contributed by atoms with van der Waals surface area (Å²) >= 11 is 1.19. The summed E-state index contributed by atoms with van der Waals surface area (Å²) in [5.41, 5.74) is 0.702. The van der Waals surface area contributed by atoms with Crippen molar-refractivity contribution in [2.24, 2.45) is 5.92 Å². The third-order valence-electron chi connectivity index (χ3n) is 6.69. The summed E-state index contributed by atoms with van der Waals surface area (Å²) in [6.45, 7) is 2.55. The van der Waals surface area contributed by atoms with Crippen LogP contribution < -0.4 is 10.6 Å². The van der Waals surface area contributed by atoms with Gasteiger partial charge in [-0.05, 0) is 54.8 Å². The Morgan fingerprint density at radius 3 is 2.45 bits per heavy atom. The highest BCUT2D eigenvalue weighted by atomic mass is 32.2. The summed E-state index contributed by atoms with van der Waals surface area (Å²) in [5.74, 6) is -0.928. The van der Waals surface area contributed by atoms with Crippen molar-refractivity contribution in [3.05, 3.63) is 47.3 Å². The van der Waals surface area contributed by atoms with E-state index in [0.717, 1.165) is 5.56 Å². The Bertz CT molecular complexity index is 1140. The second-order valence-electron chi connectivity index (χ2n) is 8.49. The molecule has 1 atom stereocenters. The molecule has 0 spiro atoms. The van der Waals surface area contributed by atoms with Crippen molar-refractivity contribution in [3.63, 3.8) is 0 Å². The van der Waals surface area contributed by atoms with Crippen LogP contribution in [-0.4, -0.2) is 43.5 Å². The first-order valence-electron chi connectivity index (χ1n) is 11.1. The number of hydrogen-bond acceptors (Lipinski definition) is 6. The quantitative estimate of drug-likeness (QED) is 0.606. The van der Waals surface area contributed by atoms with Crippen LogP contribution in [0.1, 0.15) is 44.6 Å². The summed E-state index contributed by atoms with van der Waals surface area (Å²) in [4.78, 5) is 36.9. The molecule has 2 aromatic rings. The van der Waals surface area contributed by atoms with Crippen LogP contribution in [0.15, 0.2) is 46.0 Å². The van der Waals surface area contributed by atoms with E-state index >= 15 is 0 Å². The third kappa shape index (κ3) is 4.60. The first-order valence-corrected chi connectivity index (χ1v) is 13.4. The van der Waals surface area contributed by atoms with Crippen molar-refractivity contribution in [1.82, 2.24) is 9.62 Å². The Hall–Kier alpha value is -2.56. The van der Waals surface area contributed by atoms with Crippen LogP contribution in [0.3, 0.4) is 0 Å². The molecule has 8 nitrogen and oxygen atoms in total. The van der Waals surface area contributed by atoms with Crippen LogP contribution in [0, 0.1) is 5.92 Å². The lowest BCUT2D eigenvalue weighted by molar-refractivity contribution is -0.138. The van der Waals surface area contributed by atoms with Crippen molar-refractivity contribution in [3.8, 4) is 0 Å². The van der Waals surface area contributed by atoms with E-state index in [0.29, 0.717) is 55.1 Å². The van der Waals surface area contributed by atoms with E-state index in [9.17, 15) is 22.8 Å². The number of piperidine rings is 2. The Kier molecular flexibility index (Phi) is 6.69. The van der Waals surface area contributed by atoms with Gasteiger partial charge < -0.3 is 5.32 Å². The van der Waals surface area contributed by atoms with Gasteiger partial charge in [0.1, 0.15) is 4.21 Å². The maximum atomic E-state index is 12.8. The summed E-state index contributed by atoms with van der Waals surface area (Å²) in [5, 5.41) is 7.09. The number of thiophene rings is 1. The van der Waals surface area contributed by atoms with Crippen LogP contribution >= 0.6 is 11.3 Å². The minimum absolute atomic E-state index is 0.137. The molecular weight excluding hydrogens is 462 g/mol. The second kappa shape index (κ2) is 9.36. The number of amides is 3. The van der Waals surface area contributed by atoms with E-state index in [-0.39, 0.29) is 23.6 Å². The van der Waals surface area contributed by atoms with Gasteiger partial charge in [-0.3, -0.25) is 19.7 Å². The summed E-state index contributed by atoms with van der Waals surface area (Å²) in [6, 6.07) is 10.5. The largest absolute Gasteiger partial charge is 0.326 e. The lowest BCUT2D eigenvalue weighted by Gasteiger charge is -2.35. The molecule has 3 heterocycles. The normalized spacial score (nSPS) is 22.7. The van der Waals surface area contributed by atoms with Crippen LogP contribution in [0.25, 0.3) is 0 Å². The summed E-state index contributed by atoms with van der Waals surface area (Å²) in [7, 11) is -3.49. The van der Waals surface area contributed by atoms with Crippen molar-refractivity contribution in [2.45, 2.75) is 48.7 Å². The molecule has 3 amide bonds. The molecule has 0 radical (unpaired) electrons. The monoisotopic (exact) mass is 489 g/mol. The Balaban J connectivity index is 1.37. The number of hydrogen-bond donors (Lipinski definition) is 2. The highest BCUT2D eigenvalue weighted by Crippen LogP contribution is 2.36. The van der Waals surface area contributed by atoms with Crippen LogP contribution in [0.4, 0.5) is 5.69 Å². The van der Waals surface area contributed by atoms with Gasteiger partial charge in [0.25, 0.3) is 10.0 Å². The lowest BCUT2D eigenvalue weighted by atomic mass is 9.72. The van der Waals surface area contributed by atoms with Crippen LogP contribution in [-0.2, 0) is 29.8 Å². The number of carbonyl (C=O) groups excluding carboxylic acids is 3. The fourth-order valence-corrected chi connectivity index (χ4v) is 7.19. The maximum Gasteiger partial charge on any atom is 0.252 e. The Morgan fingerprint density at radius 2 is 1.88 bits per heavy atom. The van der Waals surface area contributed by atoms with Gasteiger partial charge >= 0.3 is 0 Å². The van der Waals surface area contributed by atoms with Gasteiger partial charge in [0.15, 0.2) is 0 Å². The van der Waals surface area contributed by atoms with Gasteiger partial charge in [0, 0.05) is 31.1 Å². The molecule has 33 heavy (non-hydrogen) atoms. The summed E-state index contributed by atoms with van der Waals surface area (Å²) in [6.07, 6.45) is 2.26. The molecule has 4 rings (SSSR count). The highest BCUT2D eigenvalue weighted by Gasteiger charge is 2.42. The molecule has 1 aromatic heterocycles. The zero-order valence-electron chi connectivity index (χ0n) is 18.4. The molecule has 176 valence electrons. The first kappa shape index (κ1) is 23.6. The SMILES string of the molecule is CCC1(c2ccc(NC(=O)C3CCN(S(=O)(=O)c4cccs4)CC3)cc2)CCC(=O)NC1=O. The average Bonchev–Trinajstić information content (AvgIpc) is 3.36. The third-order valence-corrected chi connectivity index (χ3v) is 9.96. The Morgan fingerprint density at radius 1 is 1.18 bits per heavy atom. The van der Waals surface area contributed by atoms with Gasteiger partial charge in [0.2, 0.25) is 17.7 Å². The van der Waals surface area contributed by atoms with Crippen molar-refractivity contribution in [2.75, 3.05) is 18.4 Å². The van der Waals surface area contributed by atoms with E-state index in [1.807, 2.05) is 19.1 Å². The number of nitrogens with one attached hydrogen (secondary N) is 2. The molecule has 0 bridgehead atoms. The van der Waals surface area contributed by atoms with Crippen molar-refractivity contribution >= 4 is 44.8 Å². The minimum Gasteiger partial charge on any atom is -0.326 e. The number of carbonyl (C=O) groups is 3. The zero-order chi connectivity index (χ0) is 23.6. The van der Waals surface area contributed by atoms with Gasteiger partial charge in [0.05, 0.1) is 5.41 Å². The van der Waals surface area contributed by atoms with E-state index in [4.69, 9.17) is 0 Å². The molecule has 0 aliphatic carbocycles. The van der Waals surface area contributed by atoms with E-state index in [2.05, 4.69) is 10.6 Å². The molecule has 1 aromatic carbocycles. The molecule has 2 N–H and O–H groups in total. The van der Waals surface area contributed by atoms with Gasteiger partial charge in [-0.15, -0.1) is 11.3 Å². The van der Waals surface area contributed by atoms with Crippen molar-refractivity contribution < 1.29 is 22.8 Å². The van der Waals surface area contributed by atoms with Crippen LogP contribution in [0.2, 0.25) is 0 Å². The fourth-order valence-electron chi connectivity index (χ4n) is 4.58. The minimum atomic E-state index is -3.49. The molecule has 2 fully saturated rings. The molecule has 0 saturated carbocycles. The second-order valence-corrected chi connectivity index (χ2v) is 11.6. The standard InChI is InChI=1S/C23H27N3O5S2/c1-2-23(12-9-19(27)25-22(23)29)17-5-7-18(8-6-17)24-21(28)16-10-13-26(14-11-16)33(30,31)20-4-3-15-32-20/h3-8,15-16H,2,9-14H2,1H3,(H,24,28)(H,25,27,29). The topological polar surface area (TPSA) is 113 Å². The summed E-state index contributed by atoms with van der Waals surface area (Å²) < 4.78 is 27.1. The maximum absolute atomic E-state index is 12.8. The van der Waals surface area contributed by atoms with E-state index < -0.39 is 15.4 Å². The number of benzene rings is 1. The number of nitrogens with zero attached hydrogens (tertiary/aromatic N) is 1. The molecular formula is C23H27N3O5S2. The predicted octanol–water partition coefficient (Wildman–Crippen LogP) is 2.87. The van der Waals surface area contributed by atoms with Crippen molar-refractivity contribution in [1.29, 1.82) is 0 Å². The van der Waals surface area contributed by atoms with E-state index in [1.54, 1.807) is 29.6 Å². The van der Waals surface area contributed by atoms with E-state index in [1.165, 1.54) is 15.6 Å². The van der Waals surface area contributed by atoms with Gasteiger partial charge in [-0.1, -0.05) is 25.1 Å². The number of sulfonamides is 1. The zero-order valence-corrected chi connectivity index (χ0v) is 20.0. The predicted molar refractivity (Wildman–Crippen MR) is 125 cm³/mol. The molecule has 2 aliphatic heterocycles. The number of rotatable bonds is 6.